The quantitative estimate of drug-likeness (QED) is 0.532. The number of benzene rings is 2. The Kier molecular flexibility index (Phi) is 3.61. The number of nitro groups is 1. The fraction of sp³-hybridized carbons (Fsp3) is 0.133. The molecule has 0 atom stereocenters. The first-order valence-electron chi connectivity index (χ1n) is 6.59. The molecular formula is C15H13N3O4. The molecule has 0 unspecified atom stereocenters. The molecule has 112 valence electrons. The van der Waals surface area contributed by atoms with Gasteiger partial charge in [0.05, 0.1) is 10.6 Å². The summed E-state index contributed by atoms with van der Waals surface area (Å²) in [5.74, 6) is 1.36. The Balaban J connectivity index is 1.82. The second-order valence-corrected chi connectivity index (χ2v) is 4.65. The number of nitro benzene ring substituents is 1. The third-order valence-corrected chi connectivity index (χ3v) is 3.24. The van der Waals surface area contributed by atoms with Gasteiger partial charge in [-0.15, -0.1) is 0 Å². The van der Waals surface area contributed by atoms with Gasteiger partial charge in [-0.1, -0.05) is 12.1 Å². The van der Waals surface area contributed by atoms with Crippen molar-refractivity contribution in [1.29, 1.82) is 0 Å². The zero-order valence-corrected chi connectivity index (χ0v) is 11.8. The van der Waals surface area contributed by atoms with E-state index in [9.17, 15) is 10.1 Å². The molecule has 0 amide bonds. The van der Waals surface area contributed by atoms with E-state index in [0.717, 1.165) is 5.56 Å². The Morgan fingerprint density at radius 1 is 1.23 bits per heavy atom. The number of rotatable bonds is 4. The zero-order chi connectivity index (χ0) is 15.5. The largest absolute Gasteiger partial charge is 0.454 e. The number of hydrogen-bond acceptors (Lipinski definition) is 6. The lowest BCUT2D eigenvalue weighted by Crippen LogP contribution is -2.01. The summed E-state index contributed by atoms with van der Waals surface area (Å²) >= 11 is 0. The molecule has 1 N–H and O–H groups in total. The van der Waals surface area contributed by atoms with Crippen LogP contribution in [0.5, 0.6) is 11.5 Å². The van der Waals surface area contributed by atoms with E-state index in [2.05, 4.69) is 10.5 Å². The van der Waals surface area contributed by atoms with Crippen molar-refractivity contribution >= 4 is 17.1 Å². The predicted octanol–water partition coefficient (Wildman–Crippen LogP) is 3.16. The van der Waals surface area contributed by atoms with Crippen molar-refractivity contribution in [3.05, 3.63) is 58.1 Å². The van der Waals surface area contributed by atoms with Gasteiger partial charge in [0.2, 0.25) is 6.79 Å². The van der Waals surface area contributed by atoms with E-state index in [1.165, 1.54) is 6.07 Å². The van der Waals surface area contributed by atoms with Crippen LogP contribution in [0.15, 0.2) is 47.6 Å². The molecule has 22 heavy (non-hydrogen) atoms. The highest BCUT2D eigenvalue weighted by Gasteiger charge is 2.15. The molecule has 0 saturated heterocycles. The molecule has 0 aliphatic carbocycles. The van der Waals surface area contributed by atoms with Gasteiger partial charge in [0.15, 0.2) is 11.5 Å². The first kappa shape index (κ1) is 13.9. The molecule has 1 aliphatic heterocycles. The van der Waals surface area contributed by atoms with Crippen LogP contribution in [0, 0.1) is 10.1 Å². The maximum Gasteiger partial charge on any atom is 0.294 e. The summed E-state index contributed by atoms with van der Waals surface area (Å²) in [6, 6.07) is 11.8. The van der Waals surface area contributed by atoms with Gasteiger partial charge in [0.25, 0.3) is 5.69 Å². The van der Waals surface area contributed by atoms with Gasteiger partial charge in [-0.25, -0.2) is 0 Å². The summed E-state index contributed by atoms with van der Waals surface area (Å²) in [4.78, 5) is 10.5. The summed E-state index contributed by atoms with van der Waals surface area (Å²) in [5.41, 5.74) is 4.57. The number of fused-ring (bicyclic) bond motifs is 1. The van der Waals surface area contributed by atoms with E-state index < -0.39 is 4.92 Å². The van der Waals surface area contributed by atoms with Gasteiger partial charge in [0, 0.05) is 11.6 Å². The second-order valence-electron chi connectivity index (χ2n) is 4.65. The lowest BCUT2D eigenvalue weighted by molar-refractivity contribution is -0.384. The topological polar surface area (TPSA) is 86.0 Å². The standard InChI is InChI=1S/C15H13N3O4/c1-10(11-6-7-14-15(8-11)22-9-21-14)16-17-12-4-2-3-5-13(12)18(19)20/h2-8,17H,9H2,1H3/b16-10+. The molecule has 1 aliphatic rings. The third kappa shape index (κ3) is 2.69. The normalized spacial score (nSPS) is 13.0. The van der Waals surface area contributed by atoms with Gasteiger partial charge in [-0.3, -0.25) is 15.5 Å². The molecule has 0 radical (unpaired) electrons. The Labute approximate surface area is 126 Å². The molecule has 2 aromatic rings. The molecule has 0 aromatic heterocycles. The molecule has 7 nitrogen and oxygen atoms in total. The smallest absolute Gasteiger partial charge is 0.294 e. The van der Waals surface area contributed by atoms with Crippen molar-refractivity contribution in [2.24, 2.45) is 5.10 Å². The monoisotopic (exact) mass is 299 g/mol. The summed E-state index contributed by atoms with van der Waals surface area (Å²) in [5, 5.41) is 15.2. The van der Waals surface area contributed by atoms with Crippen LogP contribution in [0.3, 0.4) is 0 Å². The van der Waals surface area contributed by atoms with Gasteiger partial charge >= 0.3 is 0 Å². The Morgan fingerprint density at radius 2 is 2.00 bits per heavy atom. The maximum absolute atomic E-state index is 11.0. The van der Waals surface area contributed by atoms with Gasteiger partial charge < -0.3 is 9.47 Å². The SMILES string of the molecule is C/C(=N\Nc1ccccc1[N+](=O)[O-])c1ccc2c(c1)OCO2. The fourth-order valence-electron chi connectivity index (χ4n) is 2.06. The Morgan fingerprint density at radius 3 is 2.82 bits per heavy atom. The Bertz CT molecular complexity index is 758. The molecule has 3 rings (SSSR count). The van der Waals surface area contributed by atoms with Crippen molar-refractivity contribution in [3.8, 4) is 11.5 Å². The molecule has 2 aromatic carbocycles. The number of ether oxygens (including phenoxy) is 2. The van der Waals surface area contributed by atoms with Crippen LogP contribution >= 0.6 is 0 Å². The molecule has 0 saturated carbocycles. The van der Waals surface area contributed by atoms with Crippen LogP contribution in [0.2, 0.25) is 0 Å². The van der Waals surface area contributed by atoms with Crippen LogP contribution in [0.4, 0.5) is 11.4 Å². The second kappa shape index (κ2) is 5.72. The fourth-order valence-corrected chi connectivity index (χ4v) is 2.06. The number of nitrogens with zero attached hydrogens (tertiary/aromatic N) is 2. The maximum atomic E-state index is 11.0. The summed E-state index contributed by atoms with van der Waals surface area (Å²) in [7, 11) is 0. The van der Waals surface area contributed by atoms with E-state index >= 15 is 0 Å². The average molecular weight is 299 g/mol. The van der Waals surface area contributed by atoms with Gasteiger partial charge in [0.1, 0.15) is 5.69 Å². The number of hydrogen-bond donors (Lipinski definition) is 1. The zero-order valence-electron chi connectivity index (χ0n) is 11.8. The van der Waals surface area contributed by atoms with E-state index in [0.29, 0.717) is 22.9 Å². The lowest BCUT2D eigenvalue weighted by Gasteiger charge is -2.05. The van der Waals surface area contributed by atoms with Gasteiger partial charge in [-0.2, -0.15) is 5.10 Å². The molecular weight excluding hydrogens is 286 g/mol. The number of para-hydroxylation sites is 2. The number of hydrazone groups is 1. The van der Waals surface area contributed by atoms with Crippen LogP contribution in [0.25, 0.3) is 0 Å². The van der Waals surface area contributed by atoms with Crippen molar-refractivity contribution in [2.45, 2.75) is 6.92 Å². The third-order valence-electron chi connectivity index (χ3n) is 3.24. The van der Waals surface area contributed by atoms with Gasteiger partial charge in [-0.05, 0) is 31.2 Å². The summed E-state index contributed by atoms with van der Waals surface area (Å²) in [6.45, 7) is 2.02. The van der Waals surface area contributed by atoms with E-state index in [4.69, 9.17) is 9.47 Å². The van der Waals surface area contributed by atoms with Crippen LogP contribution < -0.4 is 14.9 Å². The molecule has 0 spiro atoms. The highest BCUT2D eigenvalue weighted by atomic mass is 16.7. The number of anilines is 1. The highest BCUT2D eigenvalue weighted by molar-refractivity contribution is 5.99. The minimum absolute atomic E-state index is 0.0234. The summed E-state index contributed by atoms with van der Waals surface area (Å²) in [6.07, 6.45) is 0. The van der Waals surface area contributed by atoms with E-state index in [-0.39, 0.29) is 12.5 Å². The van der Waals surface area contributed by atoms with Crippen LogP contribution in [-0.4, -0.2) is 17.4 Å². The minimum atomic E-state index is -0.451. The predicted molar refractivity (Wildman–Crippen MR) is 81.5 cm³/mol. The first-order chi connectivity index (χ1) is 10.6. The first-order valence-corrected chi connectivity index (χ1v) is 6.59. The molecule has 0 bridgehead atoms. The van der Waals surface area contributed by atoms with Crippen molar-refractivity contribution in [1.82, 2.24) is 0 Å². The lowest BCUT2D eigenvalue weighted by atomic mass is 10.1. The average Bonchev–Trinajstić information content (AvgIpc) is 3.00. The Hall–Kier alpha value is -3.09. The molecule has 1 heterocycles. The van der Waals surface area contributed by atoms with Crippen molar-refractivity contribution < 1.29 is 14.4 Å². The van der Waals surface area contributed by atoms with Crippen molar-refractivity contribution in [3.63, 3.8) is 0 Å². The van der Waals surface area contributed by atoms with E-state index in [1.54, 1.807) is 25.1 Å². The molecule has 7 heteroatoms. The van der Waals surface area contributed by atoms with E-state index in [1.807, 2.05) is 18.2 Å². The minimum Gasteiger partial charge on any atom is -0.454 e. The highest BCUT2D eigenvalue weighted by Crippen LogP contribution is 2.32. The molecule has 0 fully saturated rings. The van der Waals surface area contributed by atoms with Crippen LogP contribution in [-0.2, 0) is 0 Å². The summed E-state index contributed by atoms with van der Waals surface area (Å²) < 4.78 is 10.6. The van der Waals surface area contributed by atoms with Crippen molar-refractivity contribution in [2.75, 3.05) is 12.2 Å². The van der Waals surface area contributed by atoms with Crippen LogP contribution in [0.1, 0.15) is 12.5 Å². The number of nitrogens with one attached hydrogen (secondary N) is 1.